The molecule has 1 aliphatic heterocycles. The summed E-state index contributed by atoms with van der Waals surface area (Å²) in [5, 5.41) is 12.8. The molecule has 5 nitrogen and oxygen atoms in total. The second-order valence-electron chi connectivity index (χ2n) is 5.42. The molecular formula is C14H19BrClNO4. The third kappa shape index (κ3) is 3.74. The van der Waals surface area contributed by atoms with Crippen LogP contribution in [0.25, 0.3) is 0 Å². The number of benzene rings is 1. The topological polar surface area (TPSA) is 67.8 Å². The van der Waals surface area contributed by atoms with E-state index in [1.807, 2.05) is 20.8 Å². The van der Waals surface area contributed by atoms with Gasteiger partial charge in [0.25, 0.3) is 0 Å². The molecule has 1 aliphatic rings. The molecule has 0 spiro atoms. The Hall–Kier alpha value is -1.14. The number of ether oxygens (including phenoxy) is 2. The molecule has 1 aromatic rings. The average molecular weight is 381 g/mol. The predicted molar refractivity (Wildman–Crippen MR) is 85.2 cm³/mol. The zero-order valence-electron chi connectivity index (χ0n) is 12.1. The van der Waals surface area contributed by atoms with Crippen molar-refractivity contribution in [1.82, 2.24) is 5.32 Å². The van der Waals surface area contributed by atoms with Gasteiger partial charge in [0.15, 0.2) is 11.5 Å². The molecule has 1 amide bonds. The van der Waals surface area contributed by atoms with Gasteiger partial charge in [-0.1, -0.05) is 13.8 Å². The second-order valence-corrected chi connectivity index (χ2v) is 6.28. The number of alkyl carbamates (subject to hydrolysis) is 1. The maximum atomic E-state index is 11.5. The van der Waals surface area contributed by atoms with Gasteiger partial charge < -0.3 is 19.9 Å². The lowest BCUT2D eigenvalue weighted by Gasteiger charge is -2.38. The van der Waals surface area contributed by atoms with Gasteiger partial charge in [-0.15, -0.1) is 12.4 Å². The van der Waals surface area contributed by atoms with Gasteiger partial charge in [-0.05, 0) is 40.5 Å². The maximum absolute atomic E-state index is 11.5. The van der Waals surface area contributed by atoms with Crippen LogP contribution >= 0.6 is 28.3 Å². The fourth-order valence-corrected chi connectivity index (χ4v) is 2.71. The van der Waals surface area contributed by atoms with Crippen LogP contribution in [-0.2, 0) is 4.74 Å². The summed E-state index contributed by atoms with van der Waals surface area (Å²) in [6, 6.07) is 3.33. The summed E-state index contributed by atoms with van der Waals surface area (Å²) in [5.74, 6) is 0.459. The standard InChI is InChI=1S/C14H18BrNO4.ClH/c1-4-19-10-6-8(5-9(15)11(10)17)12-14(2,3)7-20-13(18)16-12;/h5-6,12,17H,4,7H2,1-3H3,(H,16,18);1H/t12-;/m0./s1. The number of phenolic OH excluding ortho intramolecular Hbond substituents is 1. The van der Waals surface area contributed by atoms with E-state index in [1.165, 1.54) is 0 Å². The third-order valence-electron chi connectivity index (χ3n) is 3.30. The first-order valence-corrected chi connectivity index (χ1v) is 7.23. The van der Waals surface area contributed by atoms with Crippen LogP contribution in [0.3, 0.4) is 0 Å². The van der Waals surface area contributed by atoms with Crippen LogP contribution in [0.5, 0.6) is 11.5 Å². The quantitative estimate of drug-likeness (QED) is 0.837. The summed E-state index contributed by atoms with van der Waals surface area (Å²) in [4.78, 5) is 11.5. The lowest BCUT2D eigenvalue weighted by molar-refractivity contribution is 0.0386. The van der Waals surface area contributed by atoms with E-state index < -0.39 is 6.09 Å². The van der Waals surface area contributed by atoms with Gasteiger partial charge in [0.2, 0.25) is 0 Å². The first-order valence-electron chi connectivity index (χ1n) is 6.43. The van der Waals surface area contributed by atoms with Crippen molar-refractivity contribution in [2.24, 2.45) is 5.41 Å². The highest BCUT2D eigenvalue weighted by Gasteiger charge is 2.38. The number of nitrogens with one attached hydrogen (secondary N) is 1. The molecular weight excluding hydrogens is 362 g/mol. The molecule has 1 atom stereocenters. The van der Waals surface area contributed by atoms with E-state index in [1.54, 1.807) is 12.1 Å². The van der Waals surface area contributed by atoms with E-state index in [9.17, 15) is 9.90 Å². The summed E-state index contributed by atoms with van der Waals surface area (Å²) < 4.78 is 11.0. The molecule has 0 radical (unpaired) electrons. The largest absolute Gasteiger partial charge is 0.503 e. The number of halogens is 2. The maximum Gasteiger partial charge on any atom is 0.407 e. The normalized spacial score (nSPS) is 20.0. The number of phenols is 1. The Bertz CT molecular complexity index is 536. The number of rotatable bonds is 3. The Morgan fingerprint density at radius 3 is 2.81 bits per heavy atom. The minimum Gasteiger partial charge on any atom is -0.503 e. The predicted octanol–water partition coefficient (Wildman–Crippen LogP) is 3.78. The molecule has 1 fully saturated rings. The summed E-state index contributed by atoms with van der Waals surface area (Å²) in [7, 11) is 0. The van der Waals surface area contributed by atoms with Crippen LogP contribution in [0.15, 0.2) is 16.6 Å². The van der Waals surface area contributed by atoms with E-state index in [2.05, 4.69) is 21.2 Å². The molecule has 0 bridgehead atoms. The van der Waals surface area contributed by atoms with Gasteiger partial charge in [0, 0.05) is 5.41 Å². The lowest BCUT2D eigenvalue weighted by Crippen LogP contribution is -2.46. The molecule has 0 aromatic heterocycles. The molecule has 0 saturated carbocycles. The van der Waals surface area contributed by atoms with Gasteiger partial charge in [0.1, 0.15) is 6.61 Å². The fourth-order valence-electron chi connectivity index (χ4n) is 2.25. The first-order chi connectivity index (χ1) is 9.35. The van der Waals surface area contributed by atoms with Crippen molar-refractivity contribution in [2.45, 2.75) is 26.8 Å². The number of hydrogen-bond donors (Lipinski definition) is 2. The number of cyclic esters (lactones) is 1. The minimum absolute atomic E-state index is 0. The van der Waals surface area contributed by atoms with Crippen molar-refractivity contribution in [1.29, 1.82) is 0 Å². The Kier molecular flexibility index (Phi) is 5.75. The summed E-state index contributed by atoms with van der Waals surface area (Å²) in [6.07, 6.45) is -0.434. The smallest absolute Gasteiger partial charge is 0.407 e. The highest BCUT2D eigenvalue weighted by Crippen LogP contribution is 2.42. The van der Waals surface area contributed by atoms with Gasteiger partial charge in [0.05, 0.1) is 17.1 Å². The van der Waals surface area contributed by atoms with Crippen molar-refractivity contribution in [3.8, 4) is 11.5 Å². The fraction of sp³-hybridized carbons (Fsp3) is 0.500. The highest BCUT2D eigenvalue weighted by atomic mass is 79.9. The van der Waals surface area contributed by atoms with Gasteiger partial charge in [-0.25, -0.2) is 4.79 Å². The Morgan fingerprint density at radius 2 is 2.19 bits per heavy atom. The minimum atomic E-state index is -0.434. The number of carbonyl (C=O) groups is 1. The van der Waals surface area contributed by atoms with Crippen molar-refractivity contribution >= 4 is 34.4 Å². The van der Waals surface area contributed by atoms with Crippen molar-refractivity contribution in [3.05, 3.63) is 22.2 Å². The van der Waals surface area contributed by atoms with Crippen LogP contribution < -0.4 is 10.1 Å². The molecule has 1 heterocycles. The van der Waals surface area contributed by atoms with E-state index >= 15 is 0 Å². The van der Waals surface area contributed by atoms with E-state index in [4.69, 9.17) is 9.47 Å². The number of hydrogen-bond acceptors (Lipinski definition) is 4. The Labute approximate surface area is 138 Å². The molecule has 118 valence electrons. The van der Waals surface area contributed by atoms with Crippen molar-refractivity contribution in [3.63, 3.8) is 0 Å². The summed E-state index contributed by atoms with van der Waals surface area (Å²) in [6.45, 7) is 6.66. The van der Waals surface area contributed by atoms with Gasteiger partial charge in [-0.2, -0.15) is 0 Å². The zero-order valence-corrected chi connectivity index (χ0v) is 14.5. The molecule has 1 aromatic carbocycles. The van der Waals surface area contributed by atoms with Crippen LogP contribution in [-0.4, -0.2) is 24.4 Å². The van der Waals surface area contributed by atoms with E-state index in [-0.39, 0.29) is 29.6 Å². The molecule has 21 heavy (non-hydrogen) atoms. The van der Waals surface area contributed by atoms with Crippen LogP contribution in [0.4, 0.5) is 4.79 Å². The van der Waals surface area contributed by atoms with E-state index in [0.29, 0.717) is 23.4 Å². The molecule has 2 N–H and O–H groups in total. The Balaban J connectivity index is 0.00000220. The number of aromatic hydroxyl groups is 1. The summed E-state index contributed by atoms with van der Waals surface area (Å²) in [5.41, 5.74) is 0.605. The van der Waals surface area contributed by atoms with Crippen LogP contribution in [0, 0.1) is 5.41 Å². The number of amides is 1. The van der Waals surface area contributed by atoms with Gasteiger partial charge >= 0.3 is 6.09 Å². The van der Waals surface area contributed by atoms with E-state index in [0.717, 1.165) is 5.56 Å². The molecule has 7 heteroatoms. The third-order valence-corrected chi connectivity index (χ3v) is 3.91. The second kappa shape index (κ2) is 6.75. The van der Waals surface area contributed by atoms with Crippen molar-refractivity contribution < 1.29 is 19.4 Å². The lowest BCUT2D eigenvalue weighted by atomic mass is 9.80. The molecule has 0 aliphatic carbocycles. The SMILES string of the molecule is CCOc1cc([C@@H]2NC(=O)OCC2(C)C)cc(Br)c1O.Cl. The number of carbonyl (C=O) groups excluding carboxylic acids is 1. The Morgan fingerprint density at radius 1 is 1.52 bits per heavy atom. The molecule has 2 rings (SSSR count). The van der Waals surface area contributed by atoms with Crippen LogP contribution in [0.1, 0.15) is 32.4 Å². The monoisotopic (exact) mass is 379 g/mol. The zero-order chi connectivity index (χ0) is 14.9. The highest BCUT2D eigenvalue weighted by molar-refractivity contribution is 9.10. The van der Waals surface area contributed by atoms with Crippen molar-refractivity contribution in [2.75, 3.05) is 13.2 Å². The summed E-state index contributed by atoms with van der Waals surface area (Å²) >= 11 is 3.31. The average Bonchev–Trinajstić information content (AvgIpc) is 2.38. The molecule has 1 saturated heterocycles. The first kappa shape index (κ1) is 17.9. The van der Waals surface area contributed by atoms with Crippen LogP contribution in [0.2, 0.25) is 0 Å². The molecule has 0 unspecified atom stereocenters. The van der Waals surface area contributed by atoms with Gasteiger partial charge in [-0.3, -0.25) is 0 Å².